The lowest BCUT2D eigenvalue weighted by molar-refractivity contribution is -0.127. The summed E-state index contributed by atoms with van der Waals surface area (Å²) < 4.78 is 11.5. The van der Waals surface area contributed by atoms with Gasteiger partial charge in [-0.15, -0.1) is 0 Å². The van der Waals surface area contributed by atoms with E-state index in [0.29, 0.717) is 36.0 Å². The SMILES string of the molecule is CCCCOc1ccc(C=C2SC(=O)N(CC(=O)Nc3ccc(C)c(C)c3)C2=O)cc1OCC. The molecule has 1 heterocycles. The molecule has 2 aromatic carbocycles. The summed E-state index contributed by atoms with van der Waals surface area (Å²) in [6, 6.07) is 10.9. The van der Waals surface area contributed by atoms with Crippen LogP contribution in [0, 0.1) is 13.8 Å². The van der Waals surface area contributed by atoms with Crippen molar-refractivity contribution in [2.24, 2.45) is 0 Å². The predicted molar refractivity (Wildman–Crippen MR) is 135 cm³/mol. The molecule has 0 aromatic heterocycles. The first-order chi connectivity index (χ1) is 16.3. The molecule has 0 atom stereocenters. The quantitative estimate of drug-likeness (QED) is 0.353. The van der Waals surface area contributed by atoms with E-state index in [2.05, 4.69) is 12.2 Å². The van der Waals surface area contributed by atoms with Crippen molar-refractivity contribution >= 4 is 40.6 Å². The number of carbonyl (C=O) groups excluding carboxylic acids is 3. The zero-order chi connectivity index (χ0) is 24.7. The lowest BCUT2D eigenvalue weighted by Crippen LogP contribution is -2.36. The van der Waals surface area contributed by atoms with E-state index in [1.165, 1.54) is 0 Å². The normalized spacial score (nSPS) is 14.6. The van der Waals surface area contributed by atoms with E-state index < -0.39 is 17.1 Å². The van der Waals surface area contributed by atoms with Crippen molar-refractivity contribution in [1.82, 2.24) is 4.90 Å². The molecule has 0 spiro atoms. The Morgan fingerprint density at radius 1 is 1.03 bits per heavy atom. The Morgan fingerprint density at radius 2 is 1.82 bits per heavy atom. The van der Waals surface area contributed by atoms with Gasteiger partial charge >= 0.3 is 0 Å². The summed E-state index contributed by atoms with van der Waals surface area (Å²) in [5.74, 6) is 0.299. The number of aryl methyl sites for hydroxylation is 2. The lowest BCUT2D eigenvalue weighted by atomic mass is 10.1. The first-order valence-electron chi connectivity index (χ1n) is 11.3. The number of benzene rings is 2. The van der Waals surface area contributed by atoms with Crippen molar-refractivity contribution in [3.8, 4) is 11.5 Å². The van der Waals surface area contributed by atoms with Gasteiger partial charge in [0.1, 0.15) is 6.54 Å². The number of imide groups is 1. The summed E-state index contributed by atoms with van der Waals surface area (Å²) in [5.41, 5.74) is 3.49. The number of ether oxygens (including phenoxy) is 2. The minimum Gasteiger partial charge on any atom is -0.490 e. The Bertz CT molecular complexity index is 1110. The van der Waals surface area contributed by atoms with Crippen molar-refractivity contribution in [2.45, 2.75) is 40.5 Å². The van der Waals surface area contributed by atoms with Crippen LogP contribution >= 0.6 is 11.8 Å². The second-order valence-electron chi connectivity index (χ2n) is 7.96. The fourth-order valence-corrected chi connectivity index (χ4v) is 4.12. The van der Waals surface area contributed by atoms with Crippen molar-refractivity contribution in [3.05, 3.63) is 58.0 Å². The first-order valence-corrected chi connectivity index (χ1v) is 12.2. The molecular weight excluding hydrogens is 452 g/mol. The number of rotatable bonds is 10. The van der Waals surface area contributed by atoms with Gasteiger partial charge in [0.15, 0.2) is 11.5 Å². The van der Waals surface area contributed by atoms with Gasteiger partial charge in [-0.3, -0.25) is 19.3 Å². The van der Waals surface area contributed by atoms with E-state index >= 15 is 0 Å². The van der Waals surface area contributed by atoms with Gasteiger partial charge in [-0.25, -0.2) is 0 Å². The van der Waals surface area contributed by atoms with E-state index in [1.54, 1.807) is 24.3 Å². The molecule has 1 N–H and O–H groups in total. The Labute approximate surface area is 204 Å². The summed E-state index contributed by atoms with van der Waals surface area (Å²) in [4.78, 5) is 39.0. The summed E-state index contributed by atoms with van der Waals surface area (Å²) >= 11 is 0.816. The van der Waals surface area contributed by atoms with Crippen molar-refractivity contribution in [2.75, 3.05) is 25.1 Å². The number of amides is 3. The van der Waals surface area contributed by atoms with Gasteiger partial charge in [0.05, 0.1) is 18.1 Å². The third-order valence-electron chi connectivity index (χ3n) is 5.29. The van der Waals surface area contributed by atoms with Crippen LogP contribution in [0.2, 0.25) is 0 Å². The number of unbranched alkanes of at least 4 members (excludes halogenated alkanes) is 1. The fourth-order valence-electron chi connectivity index (χ4n) is 3.28. The second kappa shape index (κ2) is 11.7. The number of hydrogen-bond donors (Lipinski definition) is 1. The molecule has 1 aliphatic rings. The molecule has 0 unspecified atom stereocenters. The highest BCUT2D eigenvalue weighted by molar-refractivity contribution is 8.18. The molecule has 3 rings (SSSR count). The number of nitrogens with zero attached hydrogens (tertiary/aromatic N) is 1. The molecular formula is C26H30N2O5S. The largest absolute Gasteiger partial charge is 0.490 e. The maximum Gasteiger partial charge on any atom is 0.294 e. The van der Waals surface area contributed by atoms with Crippen LogP contribution in [-0.2, 0) is 9.59 Å². The molecule has 0 bridgehead atoms. The van der Waals surface area contributed by atoms with Crippen LogP contribution in [0.25, 0.3) is 6.08 Å². The molecule has 0 saturated carbocycles. The highest BCUT2D eigenvalue weighted by atomic mass is 32.2. The molecule has 7 nitrogen and oxygen atoms in total. The lowest BCUT2D eigenvalue weighted by Gasteiger charge is -2.13. The van der Waals surface area contributed by atoms with Crippen LogP contribution in [0.3, 0.4) is 0 Å². The predicted octanol–water partition coefficient (Wildman–Crippen LogP) is 5.56. The molecule has 1 fully saturated rings. The van der Waals surface area contributed by atoms with Crippen LogP contribution in [0.4, 0.5) is 10.5 Å². The Morgan fingerprint density at radius 3 is 2.53 bits per heavy atom. The van der Waals surface area contributed by atoms with Gasteiger partial charge in [0.25, 0.3) is 11.1 Å². The van der Waals surface area contributed by atoms with Crippen molar-refractivity contribution in [3.63, 3.8) is 0 Å². The van der Waals surface area contributed by atoms with Crippen LogP contribution in [0.15, 0.2) is 41.3 Å². The maximum absolute atomic E-state index is 12.8. The molecule has 0 radical (unpaired) electrons. The fraction of sp³-hybridized carbons (Fsp3) is 0.346. The standard InChI is InChI=1S/C26H30N2O5S/c1-5-7-12-33-21-11-9-19(14-22(21)32-6-2)15-23-25(30)28(26(31)34-23)16-24(29)27-20-10-8-17(3)18(4)13-20/h8-11,13-15H,5-7,12,16H2,1-4H3,(H,27,29). The van der Waals surface area contributed by atoms with E-state index in [0.717, 1.165) is 40.6 Å². The van der Waals surface area contributed by atoms with Gasteiger partial charge in [0.2, 0.25) is 5.91 Å². The number of carbonyl (C=O) groups is 3. The van der Waals surface area contributed by atoms with Gasteiger partial charge in [-0.1, -0.05) is 25.5 Å². The van der Waals surface area contributed by atoms with Gasteiger partial charge in [-0.2, -0.15) is 0 Å². The minimum atomic E-state index is -0.494. The Hall–Kier alpha value is -3.26. The van der Waals surface area contributed by atoms with Gasteiger partial charge in [0, 0.05) is 5.69 Å². The zero-order valence-electron chi connectivity index (χ0n) is 20.0. The molecule has 2 aromatic rings. The summed E-state index contributed by atoms with van der Waals surface area (Å²) in [7, 11) is 0. The van der Waals surface area contributed by atoms with Crippen LogP contribution in [0.5, 0.6) is 11.5 Å². The monoisotopic (exact) mass is 482 g/mol. The van der Waals surface area contributed by atoms with Crippen molar-refractivity contribution < 1.29 is 23.9 Å². The highest BCUT2D eigenvalue weighted by Crippen LogP contribution is 2.34. The molecule has 1 aliphatic heterocycles. The third-order valence-corrected chi connectivity index (χ3v) is 6.19. The second-order valence-corrected chi connectivity index (χ2v) is 8.95. The minimum absolute atomic E-state index is 0.256. The number of thioether (sulfide) groups is 1. The Balaban J connectivity index is 1.70. The van der Waals surface area contributed by atoms with Crippen LogP contribution in [-0.4, -0.2) is 41.7 Å². The van der Waals surface area contributed by atoms with Crippen molar-refractivity contribution in [1.29, 1.82) is 0 Å². The molecule has 180 valence electrons. The molecule has 1 saturated heterocycles. The van der Waals surface area contributed by atoms with Gasteiger partial charge in [-0.05, 0) is 86.0 Å². The molecule has 8 heteroatoms. The number of hydrogen-bond acceptors (Lipinski definition) is 6. The molecule has 3 amide bonds. The highest BCUT2D eigenvalue weighted by Gasteiger charge is 2.36. The topological polar surface area (TPSA) is 84.9 Å². The molecule has 34 heavy (non-hydrogen) atoms. The van der Waals surface area contributed by atoms with E-state index in [9.17, 15) is 14.4 Å². The van der Waals surface area contributed by atoms with E-state index in [1.807, 2.05) is 39.0 Å². The number of anilines is 1. The zero-order valence-corrected chi connectivity index (χ0v) is 20.8. The number of nitrogens with one attached hydrogen (secondary N) is 1. The third kappa shape index (κ3) is 6.41. The first kappa shape index (κ1) is 25.4. The molecule has 0 aliphatic carbocycles. The van der Waals surface area contributed by atoms with Crippen LogP contribution in [0.1, 0.15) is 43.4 Å². The summed E-state index contributed by atoms with van der Waals surface area (Å²) in [6.07, 6.45) is 3.60. The maximum atomic E-state index is 12.8. The van der Waals surface area contributed by atoms with E-state index in [4.69, 9.17) is 9.47 Å². The average molecular weight is 483 g/mol. The van der Waals surface area contributed by atoms with E-state index in [-0.39, 0.29) is 11.4 Å². The Kier molecular flexibility index (Phi) is 8.76. The van der Waals surface area contributed by atoms with Gasteiger partial charge < -0.3 is 14.8 Å². The van der Waals surface area contributed by atoms with Crippen LogP contribution < -0.4 is 14.8 Å². The smallest absolute Gasteiger partial charge is 0.294 e. The summed E-state index contributed by atoms with van der Waals surface area (Å²) in [5, 5.41) is 2.27. The summed E-state index contributed by atoms with van der Waals surface area (Å²) in [6.45, 7) is 8.64. The average Bonchev–Trinajstić information content (AvgIpc) is 3.05.